The molecule has 0 bridgehead atoms. The number of benzene rings is 1. The van der Waals surface area contributed by atoms with E-state index in [0.717, 1.165) is 0 Å². The molecular weight excluding hydrogens is 295 g/mol. The molecule has 0 unspecified atom stereocenters. The molecule has 18 heavy (non-hydrogen) atoms. The van der Waals surface area contributed by atoms with Gasteiger partial charge in [0, 0.05) is 11.2 Å². The summed E-state index contributed by atoms with van der Waals surface area (Å²) >= 11 is 17.7. The summed E-state index contributed by atoms with van der Waals surface area (Å²) in [5, 5.41) is 9.82. The van der Waals surface area contributed by atoms with E-state index >= 15 is 0 Å². The summed E-state index contributed by atoms with van der Waals surface area (Å²) in [6.45, 7) is 0. The van der Waals surface area contributed by atoms with Crippen LogP contribution in [0.3, 0.4) is 0 Å². The molecule has 0 fully saturated rings. The summed E-state index contributed by atoms with van der Waals surface area (Å²) in [6.07, 6.45) is 1.43. The average Bonchev–Trinajstić information content (AvgIpc) is 2.35. The minimum Gasteiger partial charge on any atom is -0.436 e. The lowest BCUT2D eigenvalue weighted by atomic mass is 10.3. The van der Waals surface area contributed by atoms with E-state index in [-0.39, 0.29) is 16.5 Å². The summed E-state index contributed by atoms with van der Waals surface area (Å²) in [4.78, 5) is 3.95. The number of halogens is 3. The van der Waals surface area contributed by atoms with Crippen LogP contribution >= 0.6 is 34.8 Å². The normalized spacial score (nSPS) is 9.89. The maximum atomic E-state index is 8.84. The molecule has 0 spiro atoms. The zero-order chi connectivity index (χ0) is 13.1. The predicted octanol–water partition coefficient (Wildman–Crippen LogP) is 4.71. The Labute approximate surface area is 118 Å². The van der Waals surface area contributed by atoms with Crippen molar-refractivity contribution in [2.24, 2.45) is 0 Å². The molecule has 2 rings (SSSR count). The van der Waals surface area contributed by atoms with Crippen molar-refractivity contribution in [3.05, 3.63) is 51.1 Å². The Morgan fingerprint density at radius 2 is 1.94 bits per heavy atom. The third-order valence-corrected chi connectivity index (χ3v) is 2.97. The number of nitrogens with zero attached hydrogens (tertiary/aromatic N) is 2. The monoisotopic (exact) mass is 298 g/mol. The Balaban J connectivity index is 2.38. The molecule has 0 saturated heterocycles. The van der Waals surface area contributed by atoms with Gasteiger partial charge in [0.1, 0.15) is 16.8 Å². The summed E-state index contributed by atoms with van der Waals surface area (Å²) < 4.78 is 5.45. The molecule has 1 aromatic heterocycles. The Morgan fingerprint density at radius 1 is 1.17 bits per heavy atom. The molecule has 0 saturated carbocycles. The van der Waals surface area contributed by atoms with Crippen LogP contribution in [0, 0.1) is 11.3 Å². The van der Waals surface area contributed by atoms with Gasteiger partial charge in [-0.25, -0.2) is 4.98 Å². The van der Waals surface area contributed by atoms with Crippen molar-refractivity contribution in [3.63, 3.8) is 0 Å². The van der Waals surface area contributed by atoms with Gasteiger partial charge in [-0.2, -0.15) is 5.26 Å². The second kappa shape index (κ2) is 5.45. The maximum Gasteiger partial charge on any atom is 0.239 e. The number of ether oxygens (including phenoxy) is 1. The Kier molecular flexibility index (Phi) is 3.93. The smallest absolute Gasteiger partial charge is 0.239 e. The zero-order valence-electron chi connectivity index (χ0n) is 8.82. The van der Waals surface area contributed by atoms with Crippen LogP contribution in [0.1, 0.15) is 5.56 Å². The van der Waals surface area contributed by atoms with Crippen molar-refractivity contribution >= 4 is 34.8 Å². The van der Waals surface area contributed by atoms with Crippen molar-refractivity contribution in [1.82, 2.24) is 4.98 Å². The van der Waals surface area contributed by atoms with Gasteiger partial charge < -0.3 is 4.74 Å². The van der Waals surface area contributed by atoms with Crippen LogP contribution in [0.2, 0.25) is 15.1 Å². The number of aromatic nitrogens is 1. The van der Waals surface area contributed by atoms with Crippen LogP contribution in [0.15, 0.2) is 30.5 Å². The van der Waals surface area contributed by atoms with Gasteiger partial charge in [-0.1, -0.05) is 34.8 Å². The van der Waals surface area contributed by atoms with E-state index in [1.165, 1.54) is 12.3 Å². The van der Waals surface area contributed by atoms with Crippen molar-refractivity contribution in [2.45, 2.75) is 0 Å². The zero-order valence-corrected chi connectivity index (χ0v) is 11.1. The van der Waals surface area contributed by atoms with Gasteiger partial charge in [0.15, 0.2) is 0 Å². The van der Waals surface area contributed by atoms with Gasteiger partial charge in [-0.05, 0) is 24.3 Å². The average molecular weight is 300 g/mol. The number of nitriles is 1. The first-order valence-electron chi connectivity index (χ1n) is 4.79. The van der Waals surface area contributed by atoms with Gasteiger partial charge in [-0.3, -0.25) is 0 Å². The number of hydrogen-bond donors (Lipinski definition) is 0. The molecule has 1 heterocycles. The van der Waals surface area contributed by atoms with Gasteiger partial charge in [0.25, 0.3) is 0 Å². The van der Waals surface area contributed by atoms with Crippen molar-refractivity contribution < 1.29 is 4.74 Å². The Bertz CT molecular complexity index is 638. The molecule has 0 atom stereocenters. The van der Waals surface area contributed by atoms with Crippen LogP contribution in [0.25, 0.3) is 0 Å². The standard InChI is InChI=1S/C12H5Cl3N2O/c13-8-1-2-10(9(14)5-8)18-12-11(15)7(6-16)3-4-17-12/h1-5H. The van der Waals surface area contributed by atoms with E-state index in [9.17, 15) is 0 Å². The van der Waals surface area contributed by atoms with Gasteiger partial charge in [0.05, 0.1) is 10.6 Å². The summed E-state index contributed by atoms with van der Waals surface area (Å²) in [7, 11) is 0. The quantitative estimate of drug-likeness (QED) is 0.807. The SMILES string of the molecule is N#Cc1ccnc(Oc2ccc(Cl)cc2Cl)c1Cl. The topological polar surface area (TPSA) is 45.9 Å². The molecule has 90 valence electrons. The van der Waals surface area contributed by atoms with Crippen molar-refractivity contribution in [1.29, 1.82) is 5.26 Å². The van der Waals surface area contributed by atoms with E-state index in [0.29, 0.717) is 15.8 Å². The summed E-state index contributed by atoms with van der Waals surface area (Å²) in [6, 6.07) is 8.21. The fourth-order valence-electron chi connectivity index (χ4n) is 1.24. The second-order valence-corrected chi connectivity index (χ2v) is 4.49. The molecular formula is C12H5Cl3N2O. The highest BCUT2D eigenvalue weighted by atomic mass is 35.5. The van der Waals surface area contributed by atoms with Crippen LogP contribution in [-0.4, -0.2) is 4.98 Å². The Morgan fingerprint density at radius 3 is 2.61 bits per heavy atom. The summed E-state index contributed by atoms with van der Waals surface area (Å²) in [5.41, 5.74) is 0.284. The lowest BCUT2D eigenvalue weighted by molar-refractivity contribution is 0.463. The third-order valence-electron chi connectivity index (χ3n) is 2.08. The first kappa shape index (κ1) is 13.0. The van der Waals surface area contributed by atoms with Gasteiger partial charge in [0.2, 0.25) is 5.88 Å². The number of pyridine rings is 1. The fraction of sp³-hybridized carbons (Fsp3) is 0. The van der Waals surface area contributed by atoms with E-state index in [2.05, 4.69) is 4.98 Å². The molecule has 0 radical (unpaired) electrons. The minimum atomic E-state index is 0.125. The molecule has 3 nitrogen and oxygen atoms in total. The molecule has 6 heteroatoms. The van der Waals surface area contributed by atoms with E-state index in [1.807, 2.05) is 6.07 Å². The van der Waals surface area contributed by atoms with E-state index in [4.69, 9.17) is 44.8 Å². The van der Waals surface area contributed by atoms with Gasteiger partial charge in [-0.15, -0.1) is 0 Å². The van der Waals surface area contributed by atoms with Crippen LogP contribution in [-0.2, 0) is 0 Å². The number of hydrogen-bond acceptors (Lipinski definition) is 3. The second-order valence-electron chi connectivity index (χ2n) is 3.27. The first-order valence-corrected chi connectivity index (χ1v) is 5.92. The molecule has 0 aliphatic carbocycles. The van der Waals surface area contributed by atoms with Crippen molar-refractivity contribution in [2.75, 3.05) is 0 Å². The maximum absolute atomic E-state index is 8.84. The molecule has 0 N–H and O–H groups in total. The molecule has 0 aliphatic heterocycles. The van der Waals surface area contributed by atoms with E-state index in [1.54, 1.807) is 18.2 Å². The highest BCUT2D eigenvalue weighted by Gasteiger charge is 2.11. The van der Waals surface area contributed by atoms with Crippen LogP contribution in [0.4, 0.5) is 0 Å². The summed E-state index contributed by atoms with van der Waals surface area (Å²) in [5.74, 6) is 0.491. The minimum absolute atomic E-state index is 0.125. The lowest BCUT2D eigenvalue weighted by Crippen LogP contribution is -1.91. The first-order chi connectivity index (χ1) is 8.61. The number of rotatable bonds is 2. The highest BCUT2D eigenvalue weighted by Crippen LogP contribution is 2.34. The van der Waals surface area contributed by atoms with Crippen LogP contribution in [0.5, 0.6) is 11.6 Å². The van der Waals surface area contributed by atoms with Gasteiger partial charge >= 0.3 is 0 Å². The fourth-order valence-corrected chi connectivity index (χ4v) is 1.88. The van der Waals surface area contributed by atoms with E-state index < -0.39 is 0 Å². The molecule has 2 aromatic rings. The largest absolute Gasteiger partial charge is 0.436 e. The molecule has 1 aromatic carbocycles. The molecule has 0 amide bonds. The third kappa shape index (κ3) is 2.68. The van der Waals surface area contributed by atoms with Crippen LogP contribution < -0.4 is 4.74 Å². The highest BCUT2D eigenvalue weighted by molar-refractivity contribution is 6.35. The molecule has 0 aliphatic rings. The van der Waals surface area contributed by atoms with Crippen molar-refractivity contribution in [3.8, 4) is 17.7 Å². The Hall–Kier alpha value is -1.47. The lowest BCUT2D eigenvalue weighted by Gasteiger charge is -2.08. The predicted molar refractivity (Wildman–Crippen MR) is 70.5 cm³/mol.